The highest BCUT2D eigenvalue weighted by Crippen LogP contribution is 2.15. The highest BCUT2D eigenvalue weighted by molar-refractivity contribution is 5.28. The number of ether oxygens (including phenoxy) is 1. The van der Waals surface area contributed by atoms with Gasteiger partial charge in [0.05, 0.1) is 12.6 Å². The smallest absolute Gasteiger partial charge is 0.179 e. The van der Waals surface area contributed by atoms with E-state index in [-0.39, 0.29) is 6.10 Å². The van der Waals surface area contributed by atoms with Crippen molar-refractivity contribution in [2.45, 2.75) is 32.9 Å². The van der Waals surface area contributed by atoms with Crippen LogP contribution in [-0.4, -0.2) is 32.9 Å². The fourth-order valence-corrected chi connectivity index (χ4v) is 1.70. The third kappa shape index (κ3) is 4.03. The first-order valence-electron chi connectivity index (χ1n) is 6.39. The van der Waals surface area contributed by atoms with Crippen LogP contribution in [0.3, 0.4) is 0 Å². The van der Waals surface area contributed by atoms with Crippen LogP contribution in [0.25, 0.3) is 0 Å². The average Bonchev–Trinajstić information content (AvgIpc) is 2.79. The van der Waals surface area contributed by atoms with Crippen molar-refractivity contribution in [1.29, 1.82) is 0 Å². The highest BCUT2D eigenvalue weighted by atomic mass is 16.5. The van der Waals surface area contributed by atoms with Gasteiger partial charge in [0.25, 0.3) is 0 Å². The molecule has 2 N–H and O–H groups in total. The summed E-state index contributed by atoms with van der Waals surface area (Å²) in [4.78, 5) is 1.52. The Balaban J connectivity index is 1.98. The molecule has 0 bridgehead atoms. The van der Waals surface area contributed by atoms with Crippen LogP contribution in [0.5, 0.6) is 5.75 Å². The van der Waals surface area contributed by atoms with Gasteiger partial charge in [0.2, 0.25) is 0 Å². The Morgan fingerprint density at radius 2 is 2.00 bits per heavy atom. The molecule has 6 nitrogen and oxygen atoms in total. The van der Waals surface area contributed by atoms with Gasteiger partial charge in [0, 0.05) is 13.0 Å². The largest absolute Gasteiger partial charge is 0.491 e. The maximum Gasteiger partial charge on any atom is 0.179 e. The molecule has 0 spiro atoms. The van der Waals surface area contributed by atoms with Gasteiger partial charge in [-0.25, -0.2) is 0 Å². The molecule has 0 fully saturated rings. The lowest BCUT2D eigenvalue weighted by molar-refractivity contribution is 0.242. The topological polar surface area (TPSA) is 78.9 Å². The fraction of sp³-hybridized carbons (Fsp3) is 0.462. The minimum Gasteiger partial charge on any atom is -0.491 e. The second-order valence-corrected chi connectivity index (χ2v) is 4.58. The molecule has 6 heteroatoms. The summed E-state index contributed by atoms with van der Waals surface area (Å²) in [5.74, 6) is 1.57. The van der Waals surface area contributed by atoms with E-state index < -0.39 is 0 Å². The van der Waals surface area contributed by atoms with E-state index in [1.54, 1.807) is 0 Å². The summed E-state index contributed by atoms with van der Waals surface area (Å²) in [5.41, 5.74) is 6.56. The molecule has 0 aliphatic carbocycles. The van der Waals surface area contributed by atoms with Crippen LogP contribution in [-0.2, 0) is 13.0 Å². The number of tetrazole rings is 1. The van der Waals surface area contributed by atoms with Crippen LogP contribution in [0, 0.1) is 0 Å². The number of nitrogens with two attached hydrogens (primary N) is 1. The predicted molar refractivity (Wildman–Crippen MR) is 71.9 cm³/mol. The number of rotatable bonds is 6. The second kappa shape index (κ2) is 6.29. The molecule has 1 heterocycles. The van der Waals surface area contributed by atoms with Crippen molar-refractivity contribution in [3.05, 3.63) is 35.7 Å². The number of benzene rings is 1. The highest BCUT2D eigenvalue weighted by Gasteiger charge is 2.04. The number of nitrogens with zero attached hydrogens (tertiary/aromatic N) is 4. The molecular weight excluding hydrogens is 242 g/mol. The molecule has 2 aromatic rings. The van der Waals surface area contributed by atoms with Gasteiger partial charge < -0.3 is 10.5 Å². The van der Waals surface area contributed by atoms with Gasteiger partial charge >= 0.3 is 0 Å². The van der Waals surface area contributed by atoms with Crippen molar-refractivity contribution in [1.82, 2.24) is 20.2 Å². The summed E-state index contributed by atoms with van der Waals surface area (Å²) in [5, 5.41) is 12.2. The first kappa shape index (κ1) is 13.5. The van der Waals surface area contributed by atoms with Crippen LogP contribution >= 0.6 is 0 Å². The molecule has 0 unspecified atom stereocenters. The SMILES string of the molecule is CC(C)Oc1ccc(Cc2nnn(CCN)n2)cc1. The Bertz CT molecular complexity index is 506. The second-order valence-electron chi connectivity index (χ2n) is 4.58. The van der Waals surface area contributed by atoms with E-state index in [1.165, 1.54) is 4.80 Å². The molecule has 0 atom stereocenters. The molecule has 19 heavy (non-hydrogen) atoms. The number of hydrogen-bond acceptors (Lipinski definition) is 5. The van der Waals surface area contributed by atoms with Crippen LogP contribution in [0.4, 0.5) is 0 Å². The van der Waals surface area contributed by atoms with Gasteiger partial charge in [-0.1, -0.05) is 12.1 Å². The molecular formula is C13H19N5O. The fourth-order valence-electron chi connectivity index (χ4n) is 1.70. The molecule has 0 radical (unpaired) electrons. The summed E-state index contributed by atoms with van der Waals surface area (Å²) in [7, 11) is 0. The maximum atomic E-state index is 5.59. The van der Waals surface area contributed by atoms with Gasteiger partial charge in [-0.2, -0.15) is 4.80 Å². The summed E-state index contributed by atoms with van der Waals surface area (Å²) in [6, 6.07) is 7.95. The minimum atomic E-state index is 0.184. The van der Waals surface area contributed by atoms with Crippen molar-refractivity contribution >= 4 is 0 Å². The van der Waals surface area contributed by atoms with E-state index in [2.05, 4.69) is 15.4 Å². The Hall–Kier alpha value is -1.95. The van der Waals surface area contributed by atoms with Crippen LogP contribution < -0.4 is 10.5 Å². The number of hydrogen-bond donors (Lipinski definition) is 1. The molecule has 102 valence electrons. The average molecular weight is 261 g/mol. The summed E-state index contributed by atoms with van der Waals surface area (Å²) < 4.78 is 5.59. The van der Waals surface area contributed by atoms with E-state index in [0.717, 1.165) is 11.3 Å². The Kier molecular flexibility index (Phi) is 4.46. The first-order chi connectivity index (χ1) is 9.17. The van der Waals surface area contributed by atoms with Crippen LogP contribution in [0.2, 0.25) is 0 Å². The van der Waals surface area contributed by atoms with Crippen LogP contribution in [0.1, 0.15) is 25.2 Å². The van der Waals surface area contributed by atoms with Crippen molar-refractivity contribution in [3.8, 4) is 5.75 Å². The standard InChI is InChI=1S/C13H19N5O/c1-10(2)19-12-5-3-11(4-6-12)9-13-15-17-18(16-13)8-7-14/h3-6,10H,7-9,14H2,1-2H3. The summed E-state index contributed by atoms with van der Waals surface area (Å²) in [6.45, 7) is 5.12. The van der Waals surface area contributed by atoms with Crippen molar-refractivity contribution < 1.29 is 4.74 Å². The van der Waals surface area contributed by atoms with Crippen molar-refractivity contribution in [2.75, 3.05) is 6.54 Å². The normalized spacial score (nSPS) is 10.9. The van der Waals surface area contributed by atoms with Gasteiger partial charge in [-0.3, -0.25) is 0 Å². The lowest BCUT2D eigenvalue weighted by Crippen LogP contribution is -2.12. The maximum absolute atomic E-state index is 5.59. The van der Waals surface area contributed by atoms with Crippen molar-refractivity contribution in [3.63, 3.8) is 0 Å². The molecule has 0 aliphatic heterocycles. The monoisotopic (exact) mass is 261 g/mol. The van der Waals surface area contributed by atoms with Crippen LogP contribution in [0.15, 0.2) is 24.3 Å². The minimum absolute atomic E-state index is 0.184. The zero-order chi connectivity index (χ0) is 13.7. The molecule has 0 saturated heterocycles. The van der Waals surface area contributed by atoms with E-state index in [9.17, 15) is 0 Å². The Labute approximate surface area is 112 Å². The third-order valence-electron chi connectivity index (χ3n) is 2.48. The van der Waals surface area contributed by atoms with Gasteiger partial charge in [-0.15, -0.1) is 10.2 Å². The predicted octanol–water partition coefficient (Wildman–Crippen LogP) is 1.01. The van der Waals surface area contributed by atoms with Gasteiger partial charge in [-0.05, 0) is 36.8 Å². The molecule has 0 aliphatic rings. The molecule has 0 amide bonds. The van der Waals surface area contributed by atoms with E-state index in [0.29, 0.717) is 25.3 Å². The lowest BCUT2D eigenvalue weighted by Gasteiger charge is -2.09. The zero-order valence-electron chi connectivity index (χ0n) is 11.3. The first-order valence-corrected chi connectivity index (χ1v) is 6.39. The summed E-state index contributed by atoms with van der Waals surface area (Å²) in [6.07, 6.45) is 0.843. The molecule has 0 saturated carbocycles. The molecule has 1 aromatic carbocycles. The summed E-state index contributed by atoms with van der Waals surface area (Å²) >= 11 is 0. The van der Waals surface area contributed by atoms with E-state index in [4.69, 9.17) is 10.5 Å². The van der Waals surface area contributed by atoms with E-state index in [1.807, 2.05) is 38.1 Å². The lowest BCUT2D eigenvalue weighted by atomic mass is 10.1. The Morgan fingerprint density at radius 1 is 1.26 bits per heavy atom. The quantitative estimate of drug-likeness (QED) is 0.839. The van der Waals surface area contributed by atoms with E-state index >= 15 is 0 Å². The van der Waals surface area contributed by atoms with Gasteiger partial charge in [0.15, 0.2) is 5.82 Å². The number of aromatic nitrogens is 4. The third-order valence-corrected chi connectivity index (χ3v) is 2.48. The zero-order valence-corrected chi connectivity index (χ0v) is 11.3. The molecule has 2 rings (SSSR count). The molecule has 1 aromatic heterocycles. The van der Waals surface area contributed by atoms with Gasteiger partial charge in [0.1, 0.15) is 5.75 Å². The van der Waals surface area contributed by atoms with Crippen molar-refractivity contribution in [2.24, 2.45) is 5.73 Å². The Morgan fingerprint density at radius 3 is 2.63 bits per heavy atom.